The van der Waals surface area contributed by atoms with E-state index in [0.717, 1.165) is 49.1 Å². The second-order valence-corrected chi connectivity index (χ2v) is 8.41. The minimum atomic E-state index is -0.391. The summed E-state index contributed by atoms with van der Waals surface area (Å²) in [6.07, 6.45) is 5.38. The van der Waals surface area contributed by atoms with Crippen LogP contribution in [0.25, 0.3) is 11.3 Å². The van der Waals surface area contributed by atoms with Gasteiger partial charge in [-0.25, -0.2) is 0 Å². The topological polar surface area (TPSA) is 108 Å². The van der Waals surface area contributed by atoms with E-state index in [-0.39, 0.29) is 30.6 Å². The number of aromatic nitrogens is 3. The van der Waals surface area contributed by atoms with Gasteiger partial charge in [0, 0.05) is 31.2 Å². The van der Waals surface area contributed by atoms with Crippen LogP contribution >= 0.6 is 0 Å². The highest BCUT2D eigenvalue weighted by Gasteiger charge is 2.33. The number of benzene rings is 1. The number of carbonyl (C=O) groups is 1. The fourth-order valence-electron chi connectivity index (χ4n) is 4.43. The van der Waals surface area contributed by atoms with E-state index in [1.807, 2.05) is 30.5 Å². The number of nitrogens with zero attached hydrogens (tertiary/aromatic N) is 3. The summed E-state index contributed by atoms with van der Waals surface area (Å²) < 4.78 is 18.7. The molecule has 0 bridgehead atoms. The molecule has 0 unspecified atom stereocenters. The van der Waals surface area contributed by atoms with Crippen LogP contribution in [0.1, 0.15) is 32.1 Å². The number of amides is 1. The molecule has 0 spiro atoms. The summed E-state index contributed by atoms with van der Waals surface area (Å²) in [5, 5.41) is 21.4. The van der Waals surface area contributed by atoms with Crippen LogP contribution in [0.4, 0.5) is 0 Å². The highest BCUT2D eigenvalue weighted by Crippen LogP contribution is 2.28. The zero-order chi connectivity index (χ0) is 22.3. The third-order valence-electron chi connectivity index (χ3n) is 6.32. The number of hydrogen-bond acceptors (Lipinski definition) is 7. The third-order valence-corrected chi connectivity index (χ3v) is 6.32. The van der Waals surface area contributed by atoms with Crippen molar-refractivity contribution in [3.8, 4) is 17.0 Å². The van der Waals surface area contributed by atoms with E-state index in [9.17, 15) is 9.90 Å². The number of nitrogens with one attached hydrogen (secondary N) is 1. The molecule has 3 heterocycles. The maximum absolute atomic E-state index is 12.6. The van der Waals surface area contributed by atoms with Gasteiger partial charge >= 0.3 is 0 Å². The Bertz CT molecular complexity index is 883. The summed E-state index contributed by atoms with van der Waals surface area (Å²) in [6.45, 7) is 1.80. The molecule has 2 aromatic rings. The van der Waals surface area contributed by atoms with Gasteiger partial charge in [-0.2, -0.15) is 0 Å². The van der Waals surface area contributed by atoms with Gasteiger partial charge in [-0.05, 0) is 44.2 Å². The number of methoxy groups -OCH3 is 1. The van der Waals surface area contributed by atoms with Crippen LogP contribution in [-0.2, 0) is 20.8 Å². The predicted octanol–water partition coefficient (Wildman–Crippen LogP) is 1.80. The van der Waals surface area contributed by atoms with Gasteiger partial charge < -0.3 is 24.6 Å². The first kappa shape index (κ1) is 22.7. The average molecular weight is 445 g/mol. The van der Waals surface area contributed by atoms with Crippen LogP contribution in [0.5, 0.6) is 5.75 Å². The lowest BCUT2D eigenvalue weighted by Crippen LogP contribution is -2.52. The number of rotatable bonds is 8. The highest BCUT2D eigenvalue weighted by molar-refractivity contribution is 5.79. The molecular weight excluding hydrogens is 412 g/mol. The van der Waals surface area contributed by atoms with E-state index >= 15 is 0 Å². The van der Waals surface area contributed by atoms with Gasteiger partial charge in [-0.15, -0.1) is 5.10 Å². The standard InChI is InChI=1S/C23H32N4O5/c1-30-21-5-3-2-4-18(21)20-14-27(26-25-20)11-8-17-6-7-19(22(15-28)32-17)24-23(29)16-9-12-31-13-10-16/h2-5,14,16-17,19,22,28H,6-13,15H2,1H3,(H,24,29)/t17-,19-,22-/m1/s1. The lowest BCUT2D eigenvalue weighted by atomic mass is 9.94. The van der Waals surface area contributed by atoms with Gasteiger partial charge in [0.05, 0.1) is 32.1 Å². The zero-order valence-corrected chi connectivity index (χ0v) is 18.5. The summed E-state index contributed by atoms with van der Waals surface area (Å²) in [6, 6.07) is 7.56. The molecule has 9 nitrogen and oxygen atoms in total. The van der Waals surface area contributed by atoms with Crippen molar-refractivity contribution in [2.24, 2.45) is 5.92 Å². The number of carbonyl (C=O) groups excluding carboxylic acids is 1. The summed E-state index contributed by atoms with van der Waals surface area (Å²) in [4.78, 5) is 12.6. The second-order valence-electron chi connectivity index (χ2n) is 8.41. The van der Waals surface area contributed by atoms with Gasteiger partial charge in [0.15, 0.2) is 0 Å². The Kier molecular flexibility index (Phi) is 7.72. The van der Waals surface area contributed by atoms with Crippen LogP contribution in [0.3, 0.4) is 0 Å². The van der Waals surface area contributed by atoms with Crippen LogP contribution in [0, 0.1) is 5.92 Å². The van der Waals surface area contributed by atoms with E-state index in [1.165, 1.54) is 0 Å². The normalized spacial score (nSPS) is 24.2. The number of aliphatic hydroxyl groups is 1. The van der Waals surface area contributed by atoms with Crippen LogP contribution in [0.2, 0.25) is 0 Å². The Labute approximate surface area is 188 Å². The van der Waals surface area contributed by atoms with Crippen molar-refractivity contribution in [3.05, 3.63) is 30.5 Å². The molecule has 0 aliphatic carbocycles. The van der Waals surface area contributed by atoms with E-state index < -0.39 is 6.10 Å². The Morgan fingerprint density at radius 2 is 2.06 bits per heavy atom. The summed E-state index contributed by atoms with van der Waals surface area (Å²) >= 11 is 0. The second kappa shape index (κ2) is 10.9. The molecule has 1 aromatic carbocycles. The molecule has 2 fully saturated rings. The number of para-hydroxylation sites is 1. The molecular formula is C23H32N4O5. The van der Waals surface area contributed by atoms with Gasteiger partial charge in [-0.3, -0.25) is 9.48 Å². The Hall–Kier alpha value is -2.49. The molecule has 9 heteroatoms. The molecule has 0 saturated carbocycles. The lowest BCUT2D eigenvalue weighted by molar-refractivity contribution is -0.134. The van der Waals surface area contributed by atoms with Gasteiger partial charge in [0.25, 0.3) is 0 Å². The predicted molar refractivity (Wildman–Crippen MR) is 117 cm³/mol. The molecule has 32 heavy (non-hydrogen) atoms. The maximum atomic E-state index is 12.6. The third kappa shape index (κ3) is 5.46. The minimum absolute atomic E-state index is 0.00212. The molecule has 0 radical (unpaired) electrons. The van der Waals surface area contributed by atoms with E-state index in [0.29, 0.717) is 19.8 Å². The smallest absolute Gasteiger partial charge is 0.223 e. The molecule has 4 rings (SSSR count). The maximum Gasteiger partial charge on any atom is 0.223 e. The Balaban J connectivity index is 1.28. The average Bonchev–Trinajstić information content (AvgIpc) is 3.32. The number of aliphatic hydroxyl groups excluding tert-OH is 1. The summed E-state index contributed by atoms with van der Waals surface area (Å²) in [5.74, 6) is 0.797. The van der Waals surface area contributed by atoms with Crippen molar-refractivity contribution in [2.75, 3.05) is 26.9 Å². The van der Waals surface area contributed by atoms with Crippen molar-refractivity contribution < 1.29 is 24.1 Å². The van der Waals surface area contributed by atoms with Crippen molar-refractivity contribution in [1.82, 2.24) is 20.3 Å². The molecule has 2 N–H and O–H groups in total. The van der Waals surface area contributed by atoms with Gasteiger partial charge in [0.1, 0.15) is 17.5 Å². The van der Waals surface area contributed by atoms with Crippen molar-refractivity contribution >= 4 is 5.91 Å². The fourth-order valence-corrected chi connectivity index (χ4v) is 4.43. The highest BCUT2D eigenvalue weighted by atomic mass is 16.5. The van der Waals surface area contributed by atoms with E-state index in [2.05, 4.69) is 15.6 Å². The molecule has 3 atom stereocenters. The molecule has 2 aliphatic rings. The van der Waals surface area contributed by atoms with Crippen LogP contribution in [-0.4, -0.2) is 71.2 Å². The molecule has 1 amide bonds. The number of hydrogen-bond donors (Lipinski definition) is 2. The molecule has 1 aromatic heterocycles. The number of ether oxygens (including phenoxy) is 3. The monoisotopic (exact) mass is 444 g/mol. The molecule has 2 aliphatic heterocycles. The van der Waals surface area contributed by atoms with Crippen molar-refractivity contribution in [1.29, 1.82) is 0 Å². The first-order valence-corrected chi connectivity index (χ1v) is 11.4. The first-order chi connectivity index (χ1) is 15.7. The van der Waals surface area contributed by atoms with Gasteiger partial charge in [0.2, 0.25) is 5.91 Å². The summed E-state index contributed by atoms with van der Waals surface area (Å²) in [7, 11) is 1.64. The number of aryl methyl sites for hydroxylation is 1. The van der Waals surface area contributed by atoms with Crippen LogP contribution < -0.4 is 10.1 Å². The van der Waals surface area contributed by atoms with Gasteiger partial charge in [-0.1, -0.05) is 17.3 Å². The molecule has 2 saturated heterocycles. The molecule has 174 valence electrons. The zero-order valence-electron chi connectivity index (χ0n) is 18.5. The van der Waals surface area contributed by atoms with E-state index in [1.54, 1.807) is 11.8 Å². The van der Waals surface area contributed by atoms with Crippen molar-refractivity contribution in [3.63, 3.8) is 0 Å². The van der Waals surface area contributed by atoms with E-state index in [4.69, 9.17) is 14.2 Å². The minimum Gasteiger partial charge on any atom is -0.496 e. The quantitative estimate of drug-likeness (QED) is 0.639. The van der Waals surface area contributed by atoms with Crippen LogP contribution in [0.15, 0.2) is 30.5 Å². The SMILES string of the molecule is COc1ccccc1-c1cn(CC[C@H]2CC[C@@H](NC(=O)C3CCOCC3)[C@@H](CO)O2)nn1. The summed E-state index contributed by atoms with van der Waals surface area (Å²) in [5.41, 5.74) is 1.66. The Morgan fingerprint density at radius 3 is 2.84 bits per heavy atom. The fraction of sp³-hybridized carbons (Fsp3) is 0.609. The Morgan fingerprint density at radius 1 is 1.25 bits per heavy atom. The first-order valence-electron chi connectivity index (χ1n) is 11.4. The largest absolute Gasteiger partial charge is 0.496 e. The lowest BCUT2D eigenvalue weighted by Gasteiger charge is -2.37. The van der Waals surface area contributed by atoms with Crippen molar-refractivity contribution in [2.45, 2.75) is 56.9 Å².